The quantitative estimate of drug-likeness (QED) is 0.696. The van der Waals surface area contributed by atoms with Crippen molar-refractivity contribution in [1.82, 2.24) is 9.55 Å². The summed E-state index contributed by atoms with van der Waals surface area (Å²) < 4.78 is 2.59. The SMILES string of the molecule is Cc1nc2n(c1C)C1C3CCC(C3)C1c1ccccc1-2. The van der Waals surface area contributed by atoms with Crippen LogP contribution in [0.5, 0.6) is 0 Å². The number of hydrogen-bond donors (Lipinski definition) is 0. The maximum Gasteiger partial charge on any atom is 0.141 e. The molecule has 0 saturated heterocycles. The number of rotatable bonds is 0. The van der Waals surface area contributed by atoms with Crippen LogP contribution in [-0.4, -0.2) is 9.55 Å². The van der Waals surface area contributed by atoms with Gasteiger partial charge in [0.2, 0.25) is 0 Å². The average Bonchev–Trinajstić information content (AvgIpc) is 3.14. The molecule has 1 aliphatic heterocycles. The fraction of sp³-hybridized carbons (Fsp3) is 0.500. The number of imidazole rings is 1. The summed E-state index contributed by atoms with van der Waals surface area (Å²) in [6.07, 6.45) is 4.28. The molecule has 2 heteroatoms. The van der Waals surface area contributed by atoms with E-state index in [1.165, 1.54) is 42.0 Å². The van der Waals surface area contributed by atoms with Gasteiger partial charge in [0.25, 0.3) is 0 Å². The molecule has 0 amide bonds. The Morgan fingerprint density at radius 1 is 1.10 bits per heavy atom. The van der Waals surface area contributed by atoms with Gasteiger partial charge in [-0.25, -0.2) is 4.98 Å². The summed E-state index contributed by atoms with van der Waals surface area (Å²) in [5.74, 6) is 3.75. The molecule has 4 unspecified atom stereocenters. The molecule has 20 heavy (non-hydrogen) atoms. The molecule has 1 aromatic heterocycles. The predicted octanol–water partition coefficient (Wildman–Crippen LogP) is 4.24. The first-order valence-electron chi connectivity index (χ1n) is 7.90. The summed E-state index contributed by atoms with van der Waals surface area (Å²) in [5, 5.41) is 0. The second-order valence-electron chi connectivity index (χ2n) is 6.91. The molecular formula is C18H20N2. The van der Waals surface area contributed by atoms with Crippen LogP contribution in [0.2, 0.25) is 0 Å². The zero-order valence-electron chi connectivity index (χ0n) is 12.1. The van der Waals surface area contributed by atoms with Gasteiger partial charge in [-0.3, -0.25) is 0 Å². The Kier molecular flexibility index (Phi) is 1.97. The fourth-order valence-electron chi connectivity index (χ4n) is 5.24. The van der Waals surface area contributed by atoms with E-state index in [0.717, 1.165) is 17.8 Å². The van der Waals surface area contributed by atoms with Crippen molar-refractivity contribution in [2.75, 3.05) is 0 Å². The predicted molar refractivity (Wildman–Crippen MR) is 79.7 cm³/mol. The van der Waals surface area contributed by atoms with Gasteiger partial charge in [-0.15, -0.1) is 0 Å². The molecule has 0 spiro atoms. The molecule has 2 saturated carbocycles. The zero-order valence-corrected chi connectivity index (χ0v) is 12.1. The summed E-state index contributed by atoms with van der Waals surface area (Å²) in [4.78, 5) is 4.90. The smallest absolute Gasteiger partial charge is 0.141 e. The van der Waals surface area contributed by atoms with E-state index in [2.05, 4.69) is 42.7 Å². The molecule has 2 heterocycles. The molecule has 102 valence electrons. The molecule has 3 aliphatic rings. The number of nitrogens with zero attached hydrogens (tertiary/aromatic N) is 2. The van der Waals surface area contributed by atoms with E-state index >= 15 is 0 Å². The summed E-state index contributed by atoms with van der Waals surface area (Å²) >= 11 is 0. The second kappa shape index (κ2) is 3.55. The monoisotopic (exact) mass is 264 g/mol. The van der Waals surface area contributed by atoms with Crippen LogP contribution in [0, 0.1) is 25.7 Å². The Balaban J connectivity index is 1.85. The topological polar surface area (TPSA) is 17.8 Å². The molecule has 5 rings (SSSR count). The van der Waals surface area contributed by atoms with Crippen molar-refractivity contribution in [3.63, 3.8) is 0 Å². The van der Waals surface area contributed by atoms with Crippen molar-refractivity contribution in [3.05, 3.63) is 41.2 Å². The van der Waals surface area contributed by atoms with E-state index < -0.39 is 0 Å². The average molecular weight is 264 g/mol. The molecule has 4 atom stereocenters. The Bertz CT molecular complexity index is 712. The third-order valence-electron chi connectivity index (χ3n) is 6.12. The third-order valence-corrected chi connectivity index (χ3v) is 6.12. The number of benzene rings is 1. The molecule has 1 aromatic carbocycles. The van der Waals surface area contributed by atoms with Gasteiger partial charge in [-0.05, 0) is 50.5 Å². The Labute approximate surface area is 119 Å². The number of aryl methyl sites for hydroxylation is 1. The second-order valence-corrected chi connectivity index (χ2v) is 6.91. The van der Waals surface area contributed by atoms with Crippen molar-refractivity contribution in [2.45, 2.75) is 45.1 Å². The lowest BCUT2D eigenvalue weighted by molar-refractivity contribution is 0.279. The van der Waals surface area contributed by atoms with Crippen LogP contribution < -0.4 is 0 Å². The summed E-state index contributed by atoms with van der Waals surface area (Å²) in [5.41, 5.74) is 5.55. The van der Waals surface area contributed by atoms with Gasteiger partial charge < -0.3 is 4.57 Å². The molecule has 2 aromatic rings. The first-order chi connectivity index (χ1) is 9.75. The normalized spacial score (nSPS) is 32.9. The lowest BCUT2D eigenvalue weighted by atomic mass is 9.75. The number of hydrogen-bond acceptors (Lipinski definition) is 1. The van der Waals surface area contributed by atoms with E-state index in [1.54, 1.807) is 5.56 Å². The van der Waals surface area contributed by atoms with Crippen LogP contribution in [0.4, 0.5) is 0 Å². The summed E-state index contributed by atoms with van der Waals surface area (Å²) in [7, 11) is 0. The van der Waals surface area contributed by atoms with Gasteiger partial charge in [0.05, 0.1) is 5.69 Å². The first-order valence-corrected chi connectivity index (χ1v) is 7.90. The third kappa shape index (κ3) is 1.15. The van der Waals surface area contributed by atoms with Crippen LogP contribution in [0.15, 0.2) is 24.3 Å². The van der Waals surface area contributed by atoms with Gasteiger partial charge in [-0.2, -0.15) is 0 Å². The minimum Gasteiger partial charge on any atom is -0.324 e. The molecule has 0 N–H and O–H groups in total. The van der Waals surface area contributed by atoms with Crippen molar-refractivity contribution in [1.29, 1.82) is 0 Å². The summed E-state index contributed by atoms with van der Waals surface area (Å²) in [6, 6.07) is 9.68. The molecule has 2 aliphatic carbocycles. The molecular weight excluding hydrogens is 244 g/mol. The van der Waals surface area contributed by atoms with Gasteiger partial charge in [-0.1, -0.05) is 24.3 Å². The zero-order chi connectivity index (χ0) is 13.4. The lowest BCUT2D eigenvalue weighted by Gasteiger charge is -2.38. The highest BCUT2D eigenvalue weighted by Crippen LogP contribution is 2.62. The van der Waals surface area contributed by atoms with Crippen molar-refractivity contribution in [3.8, 4) is 11.4 Å². The molecule has 2 fully saturated rings. The van der Waals surface area contributed by atoms with E-state index in [-0.39, 0.29) is 0 Å². The van der Waals surface area contributed by atoms with E-state index in [4.69, 9.17) is 4.98 Å². The van der Waals surface area contributed by atoms with E-state index in [0.29, 0.717) is 6.04 Å². The van der Waals surface area contributed by atoms with Crippen LogP contribution in [0.25, 0.3) is 11.4 Å². The van der Waals surface area contributed by atoms with Crippen LogP contribution in [0.3, 0.4) is 0 Å². The van der Waals surface area contributed by atoms with Crippen LogP contribution in [0.1, 0.15) is 48.2 Å². The first kappa shape index (κ1) is 11.1. The molecule has 2 bridgehead atoms. The molecule has 0 radical (unpaired) electrons. The van der Waals surface area contributed by atoms with Gasteiger partial charge in [0, 0.05) is 23.2 Å². The number of fused-ring (bicyclic) bond motifs is 10. The minimum atomic E-state index is 0.680. The van der Waals surface area contributed by atoms with Crippen LogP contribution >= 0.6 is 0 Å². The van der Waals surface area contributed by atoms with E-state index in [9.17, 15) is 0 Å². The van der Waals surface area contributed by atoms with E-state index in [1.807, 2.05) is 0 Å². The highest BCUT2D eigenvalue weighted by Gasteiger charge is 2.52. The van der Waals surface area contributed by atoms with Gasteiger partial charge in [0.1, 0.15) is 5.82 Å². The standard InChI is InChI=1S/C18H20N2/c1-10-11(2)20-17-13-8-7-12(9-13)16(17)14-5-3-4-6-15(14)18(20)19-10/h3-6,12-13,16-17H,7-9H2,1-2H3. The van der Waals surface area contributed by atoms with Crippen LogP contribution in [-0.2, 0) is 0 Å². The summed E-state index contributed by atoms with van der Waals surface area (Å²) in [6.45, 7) is 4.41. The van der Waals surface area contributed by atoms with Crippen molar-refractivity contribution >= 4 is 0 Å². The highest BCUT2D eigenvalue weighted by molar-refractivity contribution is 5.66. The Morgan fingerprint density at radius 3 is 2.80 bits per heavy atom. The maximum absolute atomic E-state index is 4.90. The minimum absolute atomic E-state index is 0.680. The number of aromatic nitrogens is 2. The van der Waals surface area contributed by atoms with Crippen molar-refractivity contribution in [2.24, 2.45) is 11.8 Å². The lowest BCUT2D eigenvalue weighted by Crippen LogP contribution is -2.29. The van der Waals surface area contributed by atoms with Gasteiger partial charge in [0.15, 0.2) is 0 Å². The maximum atomic E-state index is 4.90. The van der Waals surface area contributed by atoms with Gasteiger partial charge >= 0.3 is 0 Å². The Hall–Kier alpha value is -1.57. The largest absolute Gasteiger partial charge is 0.324 e. The fourth-order valence-corrected chi connectivity index (χ4v) is 5.24. The molecule has 2 nitrogen and oxygen atoms in total. The Morgan fingerprint density at radius 2 is 1.90 bits per heavy atom. The highest BCUT2D eigenvalue weighted by atomic mass is 15.1. The van der Waals surface area contributed by atoms with Crippen molar-refractivity contribution < 1.29 is 0 Å².